The molecule has 2 amide bonds. The second kappa shape index (κ2) is 7.04. The molecule has 0 aromatic carbocycles. The zero-order chi connectivity index (χ0) is 15.4. The first-order chi connectivity index (χ1) is 10.0. The molecule has 0 radical (unpaired) electrons. The van der Waals surface area contributed by atoms with E-state index in [1.807, 2.05) is 5.38 Å². The first kappa shape index (κ1) is 16.0. The number of carbonyl (C=O) groups excluding carboxylic acids is 1. The summed E-state index contributed by atoms with van der Waals surface area (Å²) in [6.45, 7) is 0.799. The van der Waals surface area contributed by atoms with Gasteiger partial charge in [0.05, 0.1) is 0 Å². The Morgan fingerprint density at radius 1 is 1.57 bits per heavy atom. The molecule has 8 heteroatoms. The minimum atomic E-state index is -1.01. The Labute approximate surface area is 129 Å². The van der Waals surface area contributed by atoms with Crippen LogP contribution in [0.2, 0.25) is 0 Å². The minimum absolute atomic E-state index is 0.374. The molecule has 0 spiro atoms. The van der Waals surface area contributed by atoms with Gasteiger partial charge in [-0.05, 0) is 29.9 Å². The van der Waals surface area contributed by atoms with Crippen LogP contribution in [0.5, 0.6) is 0 Å². The third-order valence-corrected chi connectivity index (χ3v) is 5.21. The monoisotopic (exact) mass is 330 g/mol. The molecule has 116 valence electrons. The van der Waals surface area contributed by atoms with Gasteiger partial charge in [0, 0.05) is 40.8 Å². The van der Waals surface area contributed by atoms with Crippen LogP contribution in [0.1, 0.15) is 22.9 Å². The topological polar surface area (TPSA) is 86.7 Å². The number of aliphatic carboxylic acids is 1. The predicted molar refractivity (Wildman–Crippen MR) is 82.1 cm³/mol. The molecule has 0 fully saturated rings. The molecule has 2 heterocycles. The van der Waals surface area contributed by atoms with Crippen molar-refractivity contribution < 1.29 is 18.9 Å². The average molecular weight is 330 g/mol. The SMILES string of the molecule is CS(=O)CCCNC(=O)N1CCc2sccc2C1C(=O)O. The number of nitrogens with one attached hydrogen (secondary N) is 1. The Morgan fingerprint density at radius 2 is 2.33 bits per heavy atom. The normalized spacial score (nSPS) is 18.9. The van der Waals surface area contributed by atoms with E-state index < -0.39 is 22.8 Å². The van der Waals surface area contributed by atoms with E-state index in [4.69, 9.17) is 0 Å². The summed E-state index contributed by atoms with van der Waals surface area (Å²) in [5.41, 5.74) is 0.712. The first-order valence-corrected chi connectivity index (χ1v) is 9.25. The van der Waals surface area contributed by atoms with Gasteiger partial charge in [-0.3, -0.25) is 4.21 Å². The number of carbonyl (C=O) groups is 2. The summed E-state index contributed by atoms with van der Waals surface area (Å²) in [6.07, 6.45) is 2.92. The summed E-state index contributed by atoms with van der Waals surface area (Å²) >= 11 is 1.53. The van der Waals surface area contributed by atoms with Gasteiger partial charge in [-0.1, -0.05) is 0 Å². The number of urea groups is 1. The number of thiophene rings is 1. The van der Waals surface area contributed by atoms with E-state index in [-0.39, 0.29) is 6.03 Å². The number of hydrogen-bond acceptors (Lipinski definition) is 4. The lowest BCUT2D eigenvalue weighted by Crippen LogP contribution is -2.48. The highest BCUT2D eigenvalue weighted by atomic mass is 32.2. The molecule has 2 atom stereocenters. The second-order valence-corrected chi connectivity index (χ2v) is 7.40. The fourth-order valence-electron chi connectivity index (χ4n) is 2.37. The van der Waals surface area contributed by atoms with Crippen molar-refractivity contribution >= 4 is 34.1 Å². The molecule has 2 unspecified atom stereocenters. The Balaban J connectivity index is 2.00. The molecule has 0 saturated heterocycles. The fourth-order valence-corrected chi connectivity index (χ4v) is 3.83. The van der Waals surface area contributed by atoms with Crippen molar-refractivity contribution in [1.29, 1.82) is 0 Å². The van der Waals surface area contributed by atoms with Crippen LogP contribution < -0.4 is 5.32 Å². The summed E-state index contributed by atoms with van der Waals surface area (Å²) in [4.78, 5) is 26.1. The maximum absolute atomic E-state index is 12.2. The number of rotatable bonds is 5. The van der Waals surface area contributed by atoms with E-state index >= 15 is 0 Å². The van der Waals surface area contributed by atoms with Gasteiger partial charge < -0.3 is 15.3 Å². The molecule has 2 rings (SSSR count). The predicted octanol–water partition coefficient (Wildman–Crippen LogP) is 1.21. The summed E-state index contributed by atoms with van der Waals surface area (Å²) in [5, 5.41) is 14.0. The van der Waals surface area contributed by atoms with Crippen molar-refractivity contribution in [3.8, 4) is 0 Å². The van der Waals surface area contributed by atoms with Crippen LogP contribution in [0.4, 0.5) is 4.79 Å². The van der Waals surface area contributed by atoms with Crippen LogP contribution in [0.3, 0.4) is 0 Å². The number of fused-ring (bicyclic) bond motifs is 1. The molecule has 6 nitrogen and oxygen atoms in total. The zero-order valence-corrected chi connectivity index (χ0v) is 13.3. The standard InChI is InChI=1S/C13H18N2O4S2/c1-21(19)8-2-5-14-13(18)15-6-3-10-9(4-7-20-10)11(15)12(16)17/h4,7,11H,2-3,5-6,8H2,1H3,(H,14,18)(H,16,17). The number of amides is 2. The molecule has 1 aliphatic heterocycles. The summed E-state index contributed by atoms with van der Waals surface area (Å²) < 4.78 is 11.0. The number of nitrogens with zero attached hydrogens (tertiary/aromatic N) is 1. The molecule has 0 saturated carbocycles. The van der Waals surface area contributed by atoms with E-state index in [1.54, 1.807) is 12.3 Å². The van der Waals surface area contributed by atoms with Crippen molar-refractivity contribution in [1.82, 2.24) is 10.2 Å². The third-order valence-electron chi connectivity index (χ3n) is 3.35. The third kappa shape index (κ3) is 3.82. The minimum Gasteiger partial charge on any atom is -0.479 e. The Morgan fingerprint density at radius 3 is 3.00 bits per heavy atom. The van der Waals surface area contributed by atoms with E-state index in [9.17, 15) is 18.9 Å². The highest BCUT2D eigenvalue weighted by molar-refractivity contribution is 7.84. The lowest BCUT2D eigenvalue weighted by Gasteiger charge is -2.33. The van der Waals surface area contributed by atoms with Gasteiger partial charge in [-0.15, -0.1) is 11.3 Å². The van der Waals surface area contributed by atoms with Gasteiger partial charge in [0.2, 0.25) is 0 Å². The molecule has 1 aliphatic rings. The van der Waals surface area contributed by atoms with E-state index in [2.05, 4.69) is 5.32 Å². The molecule has 1 aromatic heterocycles. The smallest absolute Gasteiger partial charge is 0.331 e. The van der Waals surface area contributed by atoms with E-state index in [0.29, 0.717) is 37.2 Å². The number of hydrogen-bond donors (Lipinski definition) is 2. The number of carboxylic acid groups (broad SMARTS) is 1. The maximum atomic E-state index is 12.2. The van der Waals surface area contributed by atoms with Crippen LogP contribution in [0.25, 0.3) is 0 Å². The van der Waals surface area contributed by atoms with E-state index in [1.165, 1.54) is 16.2 Å². The molecule has 1 aromatic rings. The lowest BCUT2D eigenvalue weighted by molar-refractivity contribution is -0.142. The Bertz CT molecular complexity index is 558. The van der Waals surface area contributed by atoms with Crippen LogP contribution in [0.15, 0.2) is 11.4 Å². The summed E-state index contributed by atoms with van der Waals surface area (Å²) in [6, 6.07) is 0.486. The second-order valence-electron chi connectivity index (χ2n) is 4.85. The maximum Gasteiger partial charge on any atom is 0.331 e. The summed E-state index contributed by atoms with van der Waals surface area (Å²) in [7, 11) is -0.881. The molecule has 21 heavy (non-hydrogen) atoms. The molecule has 2 N–H and O–H groups in total. The average Bonchev–Trinajstić information content (AvgIpc) is 2.89. The largest absolute Gasteiger partial charge is 0.479 e. The lowest BCUT2D eigenvalue weighted by atomic mass is 10.0. The molecule has 0 aliphatic carbocycles. The van der Waals surface area contributed by atoms with Crippen LogP contribution in [-0.2, 0) is 22.0 Å². The summed E-state index contributed by atoms with van der Waals surface area (Å²) in [5.74, 6) is -0.490. The van der Waals surface area contributed by atoms with Gasteiger partial charge in [-0.2, -0.15) is 0 Å². The fraction of sp³-hybridized carbons (Fsp3) is 0.538. The van der Waals surface area contributed by atoms with E-state index in [0.717, 1.165) is 4.88 Å². The van der Waals surface area contributed by atoms with Crippen molar-refractivity contribution in [2.24, 2.45) is 0 Å². The van der Waals surface area contributed by atoms with Crippen molar-refractivity contribution in [2.75, 3.05) is 25.1 Å². The van der Waals surface area contributed by atoms with Crippen molar-refractivity contribution in [3.63, 3.8) is 0 Å². The van der Waals surface area contributed by atoms with Crippen LogP contribution in [0, 0.1) is 0 Å². The number of carboxylic acids is 1. The van der Waals surface area contributed by atoms with Gasteiger partial charge in [0.1, 0.15) is 0 Å². The molecule has 0 bridgehead atoms. The van der Waals surface area contributed by atoms with Gasteiger partial charge in [0.15, 0.2) is 6.04 Å². The molecular weight excluding hydrogens is 312 g/mol. The van der Waals surface area contributed by atoms with Crippen LogP contribution >= 0.6 is 11.3 Å². The Kier molecular flexibility index (Phi) is 5.35. The highest BCUT2D eigenvalue weighted by Gasteiger charge is 2.36. The first-order valence-electron chi connectivity index (χ1n) is 6.64. The van der Waals surface area contributed by atoms with Gasteiger partial charge in [0.25, 0.3) is 0 Å². The van der Waals surface area contributed by atoms with Gasteiger partial charge in [-0.25, -0.2) is 9.59 Å². The van der Waals surface area contributed by atoms with Crippen LogP contribution in [-0.4, -0.2) is 51.3 Å². The van der Waals surface area contributed by atoms with Gasteiger partial charge >= 0.3 is 12.0 Å². The zero-order valence-electron chi connectivity index (χ0n) is 11.7. The highest BCUT2D eigenvalue weighted by Crippen LogP contribution is 2.33. The molecular formula is C13H18N2O4S2. The van der Waals surface area contributed by atoms with Crippen molar-refractivity contribution in [2.45, 2.75) is 18.9 Å². The van der Waals surface area contributed by atoms with Crippen molar-refractivity contribution in [3.05, 3.63) is 21.9 Å². The quantitative estimate of drug-likeness (QED) is 0.795. The Hall–Kier alpha value is -1.41.